The second kappa shape index (κ2) is 7.15. The smallest absolute Gasteiger partial charge is 0.166 e. The Labute approximate surface area is 134 Å². The van der Waals surface area contributed by atoms with Crippen LogP contribution in [0, 0.1) is 28.7 Å². The van der Waals surface area contributed by atoms with Crippen LogP contribution in [0.4, 0.5) is 17.6 Å². The van der Waals surface area contributed by atoms with Crippen molar-refractivity contribution >= 4 is 12.4 Å². The summed E-state index contributed by atoms with van der Waals surface area (Å²) in [5.74, 6) is -5.30. The van der Waals surface area contributed by atoms with E-state index in [1.807, 2.05) is 4.90 Å². The Bertz CT molecular complexity index is 499. The van der Waals surface area contributed by atoms with Crippen LogP contribution in [-0.2, 0) is 0 Å². The third-order valence-electron chi connectivity index (χ3n) is 3.76. The molecule has 1 N–H and O–H groups in total. The van der Waals surface area contributed by atoms with E-state index in [0.717, 1.165) is 0 Å². The Kier molecular flexibility index (Phi) is 6.24. The van der Waals surface area contributed by atoms with Crippen molar-refractivity contribution in [2.24, 2.45) is 5.41 Å². The molecule has 0 radical (unpaired) electrons. The van der Waals surface area contributed by atoms with Gasteiger partial charge in [-0.2, -0.15) is 0 Å². The van der Waals surface area contributed by atoms with E-state index in [1.165, 1.54) is 0 Å². The maximum atomic E-state index is 14.2. The molecule has 0 unspecified atom stereocenters. The minimum Gasteiger partial charge on any atom is -0.314 e. The summed E-state index contributed by atoms with van der Waals surface area (Å²) in [6, 6.07) is -0.476. The molecule has 1 saturated heterocycles. The van der Waals surface area contributed by atoms with Crippen LogP contribution < -0.4 is 5.32 Å². The molecule has 22 heavy (non-hydrogen) atoms. The Balaban J connectivity index is 0.00000242. The predicted molar refractivity (Wildman–Crippen MR) is 80.2 cm³/mol. The zero-order valence-electron chi connectivity index (χ0n) is 12.9. The molecular formula is C15H21ClF4N2. The van der Waals surface area contributed by atoms with E-state index < -0.39 is 40.3 Å². The quantitative estimate of drug-likeness (QED) is 0.653. The van der Waals surface area contributed by atoms with E-state index in [2.05, 4.69) is 5.32 Å². The third kappa shape index (κ3) is 3.73. The van der Waals surface area contributed by atoms with Gasteiger partial charge < -0.3 is 5.32 Å². The highest BCUT2D eigenvalue weighted by Gasteiger charge is 2.38. The first-order valence-corrected chi connectivity index (χ1v) is 7.01. The highest BCUT2D eigenvalue weighted by Crippen LogP contribution is 2.41. The molecule has 2 rings (SSSR count). The number of halogens is 5. The summed E-state index contributed by atoms with van der Waals surface area (Å²) in [6.07, 6.45) is 0. The van der Waals surface area contributed by atoms with Crippen molar-refractivity contribution in [3.05, 3.63) is 34.9 Å². The zero-order valence-corrected chi connectivity index (χ0v) is 13.7. The van der Waals surface area contributed by atoms with Crippen molar-refractivity contribution in [3.63, 3.8) is 0 Å². The van der Waals surface area contributed by atoms with Gasteiger partial charge in [0.25, 0.3) is 0 Å². The summed E-state index contributed by atoms with van der Waals surface area (Å²) in [5, 5.41) is 3.15. The van der Waals surface area contributed by atoms with Gasteiger partial charge in [-0.25, -0.2) is 17.6 Å². The third-order valence-corrected chi connectivity index (χ3v) is 3.76. The molecule has 7 heteroatoms. The summed E-state index contributed by atoms with van der Waals surface area (Å²) in [7, 11) is 0. The molecule has 1 aromatic rings. The topological polar surface area (TPSA) is 15.3 Å². The number of hydrogen-bond donors (Lipinski definition) is 1. The fraction of sp³-hybridized carbons (Fsp3) is 0.600. The summed E-state index contributed by atoms with van der Waals surface area (Å²) >= 11 is 0. The maximum Gasteiger partial charge on any atom is 0.166 e. The summed E-state index contributed by atoms with van der Waals surface area (Å²) < 4.78 is 55.4. The molecule has 2 nitrogen and oxygen atoms in total. The zero-order chi connectivity index (χ0) is 15.8. The number of nitrogens with zero attached hydrogens (tertiary/aromatic N) is 1. The Hall–Kier alpha value is -0.850. The monoisotopic (exact) mass is 340 g/mol. The van der Waals surface area contributed by atoms with Gasteiger partial charge in [-0.05, 0) is 5.41 Å². The number of benzene rings is 1. The van der Waals surface area contributed by atoms with Gasteiger partial charge in [-0.1, -0.05) is 20.8 Å². The number of rotatable bonds is 2. The molecule has 0 spiro atoms. The largest absolute Gasteiger partial charge is 0.314 e. The van der Waals surface area contributed by atoms with Crippen LogP contribution in [0.3, 0.4) is 0 Å². The van der Waals surface area contributed by atoms with Gasteiger partial charge in [0.05, 0.1) is 0 Å². The fourth-order valence-corrected chi connectivity index (χ4v) is 2.94. The Morgan fingerprint density at radius 3 is 1.86 bits per heavy atom. The molecule has 1 atom stereocenters. The summed E-state index contributed by atoms with van der Waals surface area (Å²) in [6.45, 7) is 7.91. The normalized spacial score (nSPS) is 18.0. The highest BCUT2D eigenvalue weighted by molar-refractivity contribution is 5.85. The van der Waals surface area contributed by atoms with Crippen LogP contribution in [0.15, 0.2) is 6.07 Å². The number of piperazine rings is 1. The lowest BCUT2D eigenvalue weighted by Crippen LogP contribution is -2.48. The van der Waals surface area contributed by atoms with Crippen LogP contribution in [0.2, 0.25) is 0 Å². The minimum atomic E-state index is -1.35. The second-order valence-corrected chi connectivity index (χ2v) is 6.44. The van der Waals surface area contributed by atoms with E-state index in [0.29, 0.717) is 26.2 Å². The van der Waals surface area contributed by atoms with Gasteiger partial charge in [0.15, 0.2) is 23.3 Å². The molecule has 1 fully saturated rings. The van der Waals surface area contributed by atoms with Gasteiger partial charge in [-0.15, -0.1) is 12.4 Å². The average molecular weight is 341 g/mol. The standard InChI is InChI=1S/C15H20F4N2.ClH/c1-15(2,3)14(21-6-4-20-5-7-21)11-12(18)9(16)8-10(17)13(11)19;/h8,14,20H,4-7H2,1-3H3;1H/t14-;/m1./s1. The van der Waals surface area contributed by atoms with E-state index in [1.54, 1.807) is 20.8 Å². The molecule has 1 heterocycles. The van der Waals surface area contributed by atoms with Gasteiger partial charge in [0.1, 0.15) is 0 Å². The Morgan fingerprint density at radius 2 is 1.45 bits per heavy atom. The van der Waals surface area contributed by atoms with Crippen LogP contribution in [0.5, 0.6) is 0 Å². The lowest BCUT2D eigenvalue weighted by atomic mass is 9.80. The van der Waals surface area contributed by atoms with Crippen molar-refractivity contribution in [1.82, 2.24) is 10.2 Å². The average Bonchev–Trinajstić information content (AvgIpc) is 2.41. The highest BCUT2D eigenvalue weighted by atomic mass is 35.5. The molecular weight excluding hydrogens is 320 g/mol. The van der Waals surface area contributed by atoms with Crippen molar-refractivity contribution in [2.45, 2.75) is 26.8 Å². The van der Waals surface area contributed by atoms with Crippen molar-refractivity contribution in [3.8, 4) is 0 Å². The molecule has 0 bridgehead atoms. The SMILES string of the molecule is CC(C)(C)[C@@H](c1c(F)c(F)cc(F)c1F)N1CCNCC1.Cl. The predicted octanol–water partition coefficient (Wildman–Crippen LogP) is 3.66. The van der Waals surface area contributed by atoms with E-state index in [-0.39, 0.29) is 18.5 Å². The molecule has 1 aliphatic heterocycles. The first-order chi connectivity index (χ1) is 9.73. The molecule has 1 aliphatic rings. The van der Waals surface area contributed by atoms with Gasteiger partial charge >= 0.3 is 0 Å². The number of nitrogens with one attached hydrogen (secondary N) is 1. The second-order valence-electron chi connectivity index (χ2n) is 6.44. The van der Waals surface area contributed by atoms with E-state index >= 15 is 0 Å². The lowest BCUT2D eigenvalue weighted by Gasteiger charge is -2.42. The van der Waals surface area contributed by atoms with E-state index in [4.69, 9.17) is 0 Å². The van der Waals surface area contributed by atoms with Gasteiger partial charge in [0.2, 0.25) is 0 Å². The molecule has 0 aliphatic carbocycles. The van der Waals surface area contributed by atoms with Crippen molar-refractivity contribution < 1.29 is 17.6 Å². The van der Waals surface area contributed by atoms with Crippen LogP contribution >= 0.6 is 12.4 Å². The van der Waals surface area contributed by atoms with Crippen molar-refractivity contribution in [2.75, 3.05) is 26.2 Å². The summed E-state index contributed by atoms with van der Waals surface area (Å²) in [4.78, 5) is 1.87. The van der Waals surface area contributed by atoms with Crippen LogP contribution in [-0.4, -0.2) is 31.1 Å². The van der Waals surface area contributed by atoms with Crippen molar-refractivity contribution in [1.29, 1.82) is 0 Å². The van der Waals surface area contributed by atoms with E-state index in [9.17, 15) is 17.6 Å². The first-order valence-electron chi connectivity index (χ1n) is 7.01. The molecule has 126 valence electrons. The molecule has 0 aromatic heterocycles. The first kappa shape index (κ1) is 19.2. The lowest BCUT2D eigenvalue weighted by molar-refractivity contribution is 0.0791. The Morgan fingerprint density at radius 1 is 1.00 bits per heavy atom. The molecule has 1 aromatic carbocycles. The molecule has 0 amide bonds. The van der Waals surface area contributed by atoms with Crippen LogP contribution in [0.1, 0.15) is 32.4 Å². The maximum absolute atomic E-state index is 14.2. The number of hydrogen-bond acceptors (Lipinski definition) is 2. The molecule has 0 saturated carbocycles. The summed E-state index contributed by atoms with van der Waals surface area (Å²) in [5.41, 5.74) is -1.08. The van der Waals surface area contributed by atoms with Crippen LogP contribution in [0.25, 0.3) is 0 Å². The fourth-order valence-electron chi connectivity index (χ4n) is 2.94. The van der Waals surface area contributed by atoms with Gasteiger partial charge in [0, 0.05) is 43.9 Å². The van der Waals surface area contributed by atoms with Gasteiger partial charge in [-0.3, -0.25) is 4.90 Å². The minimum absolute atomic E-state index is 0.